The minimum Gasteiger partial charge on any atom is -0.351 e. The van der Waals surface area contributed by atoms with Crippen molar-refractivity contribution in [2.75, 3.05) is 24.5 Å². The van der Waals surface area contributed by atoms with Crippen molar-refractivity contribution in [3.05, 3.63) is 46.7 Å². The van der Waals surface area contributed by atoms with Gasteiger partial charge in [-0.2, -0.15) is 0 Å². The van der Waals surface area contributed by atoms with Gasteiger partial charge < -0.3 is 14.8 Å². The standard InChI is InChI=1S/C18H21N5OS2/c1-13-15(26-18(21-13)22-7-2-3-8-22)16(24)20-11-14-5-4-9-23(12-14)17-19-6-10-25-17/h2-3,6-8,10,14H,4-5,9,11-12H2,1H3,(H,20,24)/t14-/m1/s1. The average Bonchev–Trinajstić information content (AvgIpc) is 3.40. The van der Waals surface area contributed by atoms with Gasteiger partial charge in [0.2, 0.25) is 0 Å². The van der Waals surface area contributed by atoms with Crippen LogP contribution in [0.5, 0.6) is 0 Å². The normalized spacial score (nSPS) is 17.4. The van der Waals surface area contributed by atoms with E-state index in [0.29, 0.717) is 17.3 Å². The van der Waals surface area contributed by atoms with Gasteiger partial charge >= 0.3 is 0 Å². The average molecular weight is 388 g/mol. The number of hydrogen-bond donors (Lipinski definition) is 1. The summed E-state index contributed by atoms with van der Waals surface area (Å²) < 4.78 is 1.93. The van der Waals surface area contributed by atoms with Crippen LogP contribution in [-0.2, 0) is 0 Å². The Balaban J connectivity index is 1.37. The van der Waals surface area contributed by atoms with Crippen LogP contribution in [0.1, 0.15) is 28.2 Å². The first kappa shape index (κ1) is 17.2. The van der Waals surface area contributed by atoms with Crippen molar-refractivity contribution in [1.29, 1.82) is 0 Å². The van der Waals surface area contributed by atoms with Gasteiger partial charge in [0.15, 0.2) is 10.3 Å². The van der Waals surface area contributed by atoms with E-state index in [1.54, 1.807) is 11.3 Å². The lowest BCUT2D eigenvalue weighted by Crippen LogP contribution is -2.41. The van der Waals surface area contributed by atoms with Gasteiger partial charge in [-0.3, -0.25) is 4.79 Å². The molecular formula is C18H21N5OS2. The first-order valence-corrected chi connectivity index (χ1v) is 10.4. The molecule has 1 N–H and O–H groups in total. The number of thiazole rings is 2. The van der Waals surface area contributed by atoms with Gasteiger partial charge in [0, 0.05) is 43.6 Å². The Hall–Kier alpha value is -2.19. The Morgan fingerprint density at radius 2 is 2.19 bits per heavy atom. The van der Waals surface area contributed by atoms with Gasteiger partial charge in [-0.15, -0.1) is 11.3 Å². The highest BCUT2D eigenvalue weighted by molar-refractivity contribution is 7.16. The van der Waals surface area contributed by atoms with Crippen LogP contribution in [0.25, 0.3) is 5.13 Å². The van der Waals surface area contributed by atoms with Crippen LogP contribution in [0.2, 0.25) is 0 Å². The number of aryl methyl sites for hydroxylation is 1. The number of piperidine rings is 1. The highest BCUT2D eigenvalue weighted by Crippen LogP contribution is 2.25. The maximum absolute atomic E-state index is 12.6. The Morgan fingerprint density at radius 3 is 2.96 bits per heavy atom. The van der Waals surface area contributed by atoms with E-state index in [9.17, 15) is 4.79 Å². The molecule has 1 aliphatic rings. The number of nitrogens with one attached hydrogen (secondary N) is 1. The van der Waals surface area contributed by atoms with Crippen molar-refractivity contribution < 1.29 is 4.79 Å². The van der Waals surface area contributed by atoms with Gasteiger partial charge in [-0.1, -0.05) is 11.3 Å². The lowest BCUT2D eigenvalue weighted by molar-refractivity contribution is 0.0949. The van der Waals surface area contributed by atoms with E-state index < -0.39 is 0 Å². The molecule has 0 saturated carbocycles. The largest absolute Gasteiger partial charge is 0.351 e. The summed E-state index contributed by atoms with van der Waals surface area (Å²) >= 11 is 3.11. The lowest BCUT2D eigenvalue weighted by atomic mass is 9.98. The molecule has 1 saturated heterocycles. The first-order chi connectivity index (χ1) is 12.7. The van der Waals surface area contributed by atoms with E-state index in [2.05, 4.69) is 20.2 Å². The Kier molecular flexibility index (Phi) is 5.03. The summed E-state index contributed by atoms with van der Waals surface area (Å²) in [6.45, 7) is 4.58. The summed E-state index contributed by atoms with van der Waals surface area (Å²) in [7, 11) is 0. The van der Waals surface area contributed by atoms with Crippen LogP contribution >= 0.6 is 22.7 Å². The molecule has 0 aliphatic carbocycles. The van der Waals surface area contributed by atoms with E-state index in [4.69, 9.17) is 0 Å². The number of carbonyl (C=O) groups is 1. The molecule has 0 spiro atoms. The molecule has 1 fully saturated rings. The highest BCUT2D eigenvalue weighted by Gasteiger charge is 2.23. The number of hydrogen-bond acceptors (Lipinski definition) is 6. The topological polar surface area (TPSA) is 63.1 Å². The van der Waals surface area contributed by atoms with Crippen molar-refractivity contribution in [3.8, 4) is 5.13 Å². The molecule has 3 aromatic heterocycles. The number of rotatable bonds is 5. The Morgan fingerprint density at radius 1 is 1.35 bits per heavy atom. The van der Waals surface area contributed by atoms with Crippen molar-refractivity contribution in [1.82, 2.24) is 19.9 Å². The minimum absolute atomic E-state index is 0.0234. The van der Waals surface area contributed by atoms with Gasteiger partial charge in [-0.25, -0.2) is 9.97 Å². The molecule has 0 aromatic carbocycles. The number of amides is 1. The molecule has 8 heteroatoms. The number of carbonyl (C=O) groups excluding carboxylic acids is 1. The first-order valence-electron chi connectivity index (χ1n) is 8.74. The van der Waals surface area contributed by atoms with Gasteiger partial charge in [0.05, 0.1) is 5.69 Å². The van der Waals surface area contributed by atoms with Gasteiger partial charge in [0.25, 0.3) is 5.91 Å². The second kappa shape index (κ2) is 7.59. The third kappa shape index (κ3) is 3.66. The van der Waals surface area contributed by atoms with E-state index in [0.717, 1.165) is 41.9 Å². The van der Waals surface area contributed by atoms with E-state index in [-0.39, 0.29) is 5.91 Å². The SMILES string of the molecule is Cc1nc(-n2cccc2)sc1C(=O)NC[C@H]1CCCN(c2nccs2)C1. The van der Waals surface area contributed by atoms with Crippen LogP contribution in [0.15, 0.2) is 36.1 Å². The molecular weight excluding hydrogens is 366 g/mol. The summed E-state index contributed by atoms with van der Waals surface area (Å²) in [5, 5.41) is 7.03. The molecule has 3 aromatic rings. The molecule has 4 rings (SSSR count). The van der Waals surface area contributed by atoms with E-state index in [1.807, 2.05) is 47.6 Å². The summed E-state index contributed by atoms with van der Waals surface area (Å²) in [6.07, 6.45) is 8.00. The van der Waals surface area contributed by atoms with E-state index >= 15 is 0 Å². The fraction of sp³-hybridized carbons (Fsp3) is 0.389. The van der Waals surface area contributed by atoms with Crippen molar-refractivity contribution in [2.45, 2.75) is 19.8 Å². The molecule has 0 unspecified atom stereocenters. The third-order valence-corrected chi connectivity index (χ3v) is 6.58. The predicted molar refractivity (Wildman–Crippen MR) is 106 cm³/mol. The Labute approximate surface area is 160 Å². The molecule has 0 bridgehead atoms. The Bertz CT molecular complexity index is 856. The van der Waals surface area contributed by atoms with E-state index in [1.165, 1.54) is 11.3 Å². The van der Waals surface area contributed by atoms with Crippen LogP contribution in [-0.4, -0.2) is 40.1 Å². The van der Waals surface area contributed by atoms with Crippen LogP contribution in [0.4, 0.5) is 5.13 Å². The maximum Gasteiger partial charge on any atom is 0.263 e. The molecule has 1 amide bonds. The molecule has 26 heavy (non-hydrogen) atoms. The minimum atomic E-state index is -0.0234. The quantitative estimate of drug-likeness (QED) is 0.729. The predicted octanol–water partition coefficient (Wildman–Crippen LogP) is 3.35. The zero-order valence-electron chi connectivity index (χ0n) is 14.6. The zero-order chi connectivity index (χ0) is 17.9. The molecule has 136 valence electrons. The molecule has 4 heterocycles. The summed E-state index contributed by atoms with van der Waals surface area (Å²) in [5.41, 5.74) is 0.782. The molecule has 6 nitrogen and oxygen atoms in total. The second-order valence-corrected chi connectivity index (χ2v) is 8.33. The fourth-order valence-electron chi connectivity index (χ4n) is 3.26. The van der Waals surface area contributed by atoms with Crippen LogP contribution < -0.4 is 10.2 Å². The van der Waals surface area contributed by atoms with Crippen molar-refractivity contribution in [2.24, 2.45) is 5.92 Å². The van der Waals surface area contributed by atoms with Crippen LogP contribution in [0, 0.1) is 12.8 Å². The third-order valence-electron chi connectivity index (χ3n) is 4.58. The summed E-state index contributed by atoms with van der Waals surface area (Å²) in [6, 6.07) is 3.90. The molecule has 0 radical (unpaired) electrons. The number of anilines is 1. The second-order valence-electron chi connectivity index (χ2n) is 6.48. The smallest absolute Gasteiger partial charge is 0.263 e. The number of nitrogens with zero attached hydrogens (tertiary/aromatic N) is 4. The van der Waals surface area contributed by atoms with Gasteiger partial charge in [0.1, 0.15) is 4.88 Å². The molecule has 1 atom stereocenters. The summed E-state index contributed by atoms with van der Waals surface area (Å²) in [5.74, 6) is 0.429. The van der Waals surface area contributed by atoms with Crippen molar-refractivity contribution >= 4 is 33.7 Å². The number of aromatic nitrogens is 3. The van der Waals surface area contributed by atoms with Crippen LogP contribution in [0.3, 0.4) is 0 Å². The van der Waals surface area contributed by atoms with Gasteiger partial charge in [-0.05, 0) is 37.8 Å². The molecule has 1 aliphatic heterocycles. The maximum atomic E-state index is 12.6. The zero-order valence-corrected chi connectivity index (χ0v) is 16.2. The van der Waals surface area contributed by atoms with Crippen molar-refractivity contribution in [3.63, 3.8) is 0 Å². The lowest BCUT2D eigenvalue weighted by Gasteiger charge is -2.32. The highest BCUT2D eigenvalue weighted by atomic mass is 32.1. The fourth-order valence-corrected chi connectivity index (χ4v) is 4.89. The summed E-state index contributed by atoms with van der Waals surface area (Å²) in [4.78, 5) is 24.6. The monoisotopic (exact) mass is 387 g/mol.